The van der Waals surface area contributed by atoms with Crippen molar-refractivity contribution in [1.82, 2.24) is 10.2 Å². The lowest BCUT2D eigenvalue weighted by molar-refractivity contribution is -0.145. The van der Waals surface area contributed by atoms with Gasteiger partial charge in [-0.15, -0.1) is 0 Å². The van der Waals surface area contributed by atoms with E-state index in [1.54, 1.807) is 4.90 Å². The lowest BCUT2D eigenvalue weighted by atomic mass is 9.98. The fraction of sp³-hybridized carbons (Fsp3) is 0.444. The Kier molecular flexibility index (Phi) is 6.72. The van der Waals surface area contributed by atoms with Crippen LogP contribution in [0.5, 0.6) is 0 Å². The molecule has 0 bridgehead atoms. The van der Waals surface area contributed by atoms with Crippen LogP contribution in [0.15, 0.2) is 48.5 Å². The van der Waals surface area contributed by atoms with Crippen molar-refractivity contribution in [3.8, 4) is 11.1 Å². The van der Waals surface area contributed by atoms with Gasteiger partial charge >= 0.3 is 12.1 Å². The molecule has 0 spiro atoms. The average Bonchev–Trinajstić information content (AvgIpc) is 3.59. The highest BCUT2D eigenvalue weighted by molar-refractivity contribution is 5.82. The molecule has 3 atom stereocenters. The van der Waals surface area contributed by atoms with E-state index in [0.29, 0.717) is 25.8 Å². The molecule has 2 fully saturated rings. The molecule has 2 aromatic rings. The first-order valence-electron chi connectivity index (χ1n) is 12.3. The van der Waals surface area contributed by atoms with E-state index >= 15 is 0 Å². The van der Waals surface area contributed by atoms with Crippen LogP contribution in [0.3, 0.4) is 0 Å². The molecule has 2 unspecified atom stereocenters. The van der Waals surface area contributed by atoms with Crippen LogP contribution in [0.1, 0.15) is 49.1 Å². The Morgan fingerprint density at radius 1 is 1.00 bits per heavy atom. The minimum absolute atomic E-state index is 0.00269. The Bertz CT molecular complexity index is 1070. The summed E-state index contributed by atoms with van der Waals surface area (Å²) in [6.07, 6.45) is 1.32. The molecule has 184 valence electrons. The van der Waals surface area contributed by atoms with Crippen molar-refractivity contribution in [2.75, 3.05) is 19.7 Å². The van der Waals surface area contributed by atoms with Gasteiger partial charge in [-0.2, -0.15) is 0 Å². The Morgan fingerprint density at radius 3 is 2.37 bits per heavy atom. The molecular weight excluding hydrogens is 448 g/mol. The Morgan fingerprint density at radius 2 is 1.69 bits per heavy atom. The quantitative estimate of drug-likeness (QED) is 0.631. The summed E-state index contributed by atoms with van der Waals surface area (Å²) in [6, 6.07) is 16.1. The number of benzene rings is 2. The summed E-state index contributed by atoms with van der Waals surface area (Å²) >= 11 is 0. The standard InChI is InChI=1S/C27H30N2O6/c30-25(31)14-17-6-5-13-29(17)26(32)24-12-11-18(35-24)15-28-27(33)34-16-23-21-9-3-1-7-19(21)20-8-2-4-10-22(20)23/h1-4,7-10,17-18,23-24H,5-6,11-16H2,(H,28,33)(H,30,31)/t17-,18?,24?/m0/s1. The van der Waals surface area contributed by atoms with Crippen LogP contribution in [0, 0.1) is 0 Å². The minimum Gasteiger partial charge on any atom is -0.481 e. The normalized spacial score (nSPS) is 23.1. The number of carboxylic acid groups (broad SMARTS) is 1. The molecule has 8 heteroatoms. The zero-order chi connectivity index (χ0) is 24.4. The van der Waals surface area contributed by atoms with Crippen molar-refractivity contribution in [3.05, 3.63) is 59.7 Å². The second-order valence-electron chi connectivity index (χ2n) is 9.46. The van der Waals surface area contributed by atoms with Gasteiger partial charge in [0, 0.05) is 25.0 Å². The topological polar surface area (TPSA) is 105 Å². The van der Waals surface area contributed by atoms with Crippen LogP contribution < -0.4 is 5.32 Å². The maximum Gasteiger partial charge on any atom is 0.407 e. The van der Waals surface area contributed by atoms with E-state index in [9.17, 15) is 14.4 Å². The summed E-state index contributed by atoms with van der Waals surface area (Å²) in [5, 5.41) is 11.9. The summed E-state index contributed by atoms with van der Waals surface area (Å²) in [4.78, 5) is 38.0. The fourth-order valence-electron chi connectivity index (χ4n) is 5.61. The second-order valence-corrected chi connectivity index (χ2v) is 9.46. The van der Waals surface area contributed by atoms with Crippen molar-refractivity contribution in [1.29, 1.82) is 0 Å². The summed E-state index contributed by atoms with van der Waals surface area (Å²) in [5.41, 5.74) is 4.67. The minimum atomic E-state index is -0.896. The first-order chi connectivity index (χ1) is 17.0. The van der Waals surface area contributed by atoms with E-state index in [1.807, 2.05) is 24.3 Å². The van der Waals surface area contributed by atoms with E-state index in [0.717, 1.165) is 17.5 Å². The van der Waals surface area contributed by atoms with Gasteiger partial charge in [0.1, 0.15) is 12.7 Å². The third-order valence-corrected chi connectivity index (χ3v) is 7.27. The predicted molar refractivity (Wildman–Crippen MR) is 128 cm³/mol. The number of alkyl carbamates (subject to hydrolysis) is 1. The van der Waals surface area contributed by atoms with E-state index in [4.69, 9.17) is 14.6 Å². The smallest absolute Gasteiger partial charge is 0.407 e. The molecule has 3 aliphatic rings. The van der Waals surface area contributed by atoms with Gasteiger partial charge in [0.15, 0.2) is 0 Å². The summed E-state index contributed by atoms with van der Waals surface area (Å²) in [7, 11) is 0. The third-order valence-electron chi connectivity index (χ3n) is 7.27. The van der Waals surface area contributed by atoms with Crippen molar-refractivity contribution in [2.24, 2.45) is 0 Å². The number of ether oxygens (including phenoxy) is 2. The molecule has 2 aliphatic heterocycles. The van der Waals surface area contributed by atoms with Crippen LogP contribution in [-0.2, 0) is 19.1 Å². The van der Waals surface area contributed by atoms with Crippen molar-refractivity contribution < 1.29 is 29.0 Å². The van der Waals surface area contributed by atoms with Gasteiger partial charge in [-0.25, -0.2) is 4.79 Å². The first kappa shape index (κ1) is 23.4. The number of hydrogen-bond donors (Lipinski definition) is 2. The highest BCUT2D eigenvalue weighted by atomic mass is 16.5. The van der Waals surface area contributed by atoms with Crippen LogP contribution in [0.4, 0.5) is 4.79 Å². The number of carbonyl (C=O) groups is 3. The number of hydrogen-bond acceptors (Lipinski definition) is 5. The van der Waals surface area contributed by atoms with Crippen molar-refractivity contribution in [2.45, 2.75) is 56.3 Å². The average molecular weight is 479 g/mol. The highest BCUT2D eigenvalue weighted by Crippen LogP contribution is 2.44. The van der Waals surface area contributed by atoms with Gasteiger partial charge in [-0.3, -0.25) is 9.59 Å². The SMILES string of the molecule is O=C(O)C[C@@H]1CCCN1C(=O)C1CCC(CNC(=O)OCC2c3ccccc3-c3ccccc32)O1. The Labute approximate surface area is 204 Å². The number of aliphatic carboxylic acids is 1. The molecule has 35 heavy (non-hydrogen) atoms. The maximum atomic E-state index is 12.9. The lowest BCUT2D eigenvalue weighted by Gasteiger charge is -2.26. The van der Waals surface area contributed by atoms with E-state index in [1.165, 1.54) is 11.1 Å². The Balaban J connectivity index is 1.10. The first-order valence-corrected chi connectivity index (χ1v) is 12.3. The van der Waals surface area contributed by atoms with Gasteiger partial charge in [0.05, 0.1) is 12.5 Å². The molecule has 1 aliphatic carbocycles. The molecule has 0 saturated carbocycles. The number of nitrogens with zero attached hydrogens (tertiary/aromatic N) is 1. The van der Waals surface area contributed by atoms with Crippen molar-refractivity contribution in [3.63, 3.8) is 0 Å². The van der Waals surface area contributed by atoms with E-state index < -0.39 is 18.2 Å². The molecule has 8 nitrogen and oxygen atoms in total. The molecule has 5 rings (SSSR count). The van der Waals surface area contributed by atoms with E-state index in [2.05, 4.69) is 29.6 Å². The van der Waals surface area contributed by atoms with Crippen LogP contribution >= 0.6 is 0 Å². The maximum absolute atomic E-state index is 12.9. The number of nitrogens with one attached hydrogen (secondary N) is 1. The number of fused-ring (bicyclic) bond motifs is 3. The van der Waals surface area contributed by atoms with Crippen LogP contribution in [0.25, 0.3) is 11.1 Å². The molecule has 2 aromatic carbocycles. The van der Waals surface area contributed by atoms with Gasteiger partial charge in [-0.05, 0) is 47.9 Å². The Hall–Kier alpha value is -3.39. The van der Waals surface area contributed by atoms with E-state index in [-0.39, 0.29) is 43.5 Å². The number of rotatable bonds is 7. The third kappa shape index (κ3) is 4.89. The zero-order valence-electron chi connectivity index (χ0n) is 19.5. The zero-order valence-corrected chi connectivity index (χ0v) is 19.5. The predicted octanol–water partition coefficient (Wildman–Crippen LogP) is 3.54. The molecule has 2 saturated heterocycles. The van der Waals surface area contributed by atoms with Crippen molar-refractivity contribution >= 4 is 18.0 Å². The molecule has 2 heterocycles. The molecular formula is C27H30N2O6. The number of carboxylic acids is 1. The lowest BCUT2D eigenvalue weighted by Crippen LogP contribution is -2.43. The summed E-state index contributed by atoms with van der Waals surface area (Å²) in [5.74, 6) is -1.04. The van der Waals surface area contributed by atoms with Gasteiger partial charge in [0.2, 0.25) is 0 Å². The number of amides is 2. The summed E-state index contributed by atoms with van der Waals surface area (Å²) < 4.78 is 11.5. The monoisotopic (exact) mass is 478 g/mol. The van der Waals surface area contributed by atoms with Gasteiger partial charge < -0.3 is 24.8 Å². The summed E-state index contributed by atoms with van der Waals surface area (Å²) in [6.45, 7) is 1.07. The van der Waals surface area contributed by atoms with Crippen LogP contribution in [-0.4, -0.2) is 65.9 Å². The number of likely N-dealkylation sites (tertiary alicyclic amines) is 1. The second kappa shape index (κ2) is 10.1. The van der Waals surface area contributed by atoms with Gasteiger partial charge in [-0.1, -0.05) is 48.5 Å². The highest BCUT2D eigenvalue weighted by Gasteiger charge is 2.38. The molecule has 2 amide bonds. The molecule has 0 radical (unpaired) electrons. The molecule has 2 N–H and O–H groups in total. The van der Waals surface area contributed by atoms with Gasteiger partial charge in [0.25, 0.3) is 5.91 Å². The molecule has 0 aromatic heterocycles. The number of carbonyl (C=O) groups excluding carboxylic acids is 2. The fourth-order valence-corrected chi connectivity index (χ4v) is 5.61. The largest absolute Gasteiger partial charge is 0.481 e. The van der Waals surface area contributed by atoms with Crippen LogP contribution in [0.2, 0.25) is 0 Å².